The van der Waals surface area contributed by atoms with Gasteiger partial charge in [-0.2, -0.15) is 0 Å². The van der Waals surface area contributed by atoms with Crippen LogP contribution in [-0.4, -0.2) is 17.8 Å². The van der Waals surface area contributed by atoms with Gasteiger partial charge in [0.05, 0.1) is 5.69 Å². The molecule has 4 amide bonds. The first kappa shape index (κ1) is 22.0. The van der Waals surface area contributed by atoms with Gasteiger partial charge >= 0.3 is 6.03 Å². The fourth-order valence-electron chi connectivity index (χ4n) is 3.51. The molecule has 166 valence electrons. The Labute approximate surface area is 190 Å². The highest BCUT2D eigenvalue weighted by molar-refractivity contribution is 6.39. The quantitative estimate of drug-likeness (QED) is 0.458. The first-order valence-electron chi connectivity index (χ1n) is 10.3. The third-order valence-corrected chi connectivity index (χ3v) is 5.48. The van der Waals surface area contributed by atoms with Gasteiger partial charge in [0.25, 0.3) is 11.8 Å². The molecule has 0 aliphatic carbocycles. The Morgan fingerprint density at radius 2 is 1.67 bits per heavy atom. The van der Waals surface area contributed by atoms with Gasteiger partial charge in [0, 0.05) is 11.1 Å². The van der Waals surface area contributed by atoms with E-state index in [-0.39, 0.29) is 12.2 Å². The number of carbonyl (C=O) groups excluding carboxylic acids is 3. The molecule has 1 aliphatic rings. The zero-order valence-corrected chi connectivity index (χ0v) is 18.1. The first-order valence-corrected chi connectivity index (χ1v) is 10.3. The predicted octanol–water partition coefficient (Wildman–Crippen LogP) is 4.69. The second kappa shape index (κ2) is 9.08. The Morgan fingerprint density at radius 1 is 0.939 bits per heavy atom. The van der Waals surface area contributed by atoms with E-state index in [1.165, 1.54) is 12.1 Å². The molecule has 3 aromatic carbocycles. The molecule has 7 heteroatoms. The van der Waals surface area contributed by atoms with Gasteiger partial charge < -0.3 is 4.74 Å². The van der Waals surface area contributed by atoms with Crippen LogP contribution in [0, 0.1) is 19.7 Å². The summed E-state index contributed by atoms with van der Waals surface area (Å²) in [6.45, 7) is 3.65. The number of para-hydroxylation sites is 1. The summed E-state index contributed by atoms with van der Waals surface area (Å²) in [6.07, 6.45) is 1.37. The van der Waals surface area contributed by atoms with Crippen LogP contribution in [0.25, 0.3) is 6.08 Å². The van der Waals surface area contributed by atoms with Crippen LogP contribution >= 0.6 is 0 Å². The van der Waals surface area contributed by atoms with Crippen molar-refractivity contribution >= 4 is 29.6 Å². The molecule has 3 aromatic rings. The molecule has 4 rings (SSSR count). The molecule has 0 atom stereocenters. The maximum atomic E-state index is 13.9. The SMILES string of the molecule is Cc1cccc(N2C(=O)NC(=O)/C(=C\c3ccccc3OCc3ccccc3F)C2=O)c1C. The van der Waals surface area contributed by atoms with Crippen molar-refractivity contribution in [2.75, 3.05) is 4.90 Å². The molecule has 1 N–H and O–H groups in total. The lowest BCUT2D eigenvalue weighted by Crippen LogP contribution is -2.54. The fraction of sp³-hybridized carbons (Fsp3) is 0.115. The van der Waals surface area contributed by atoms with Crippen molar-refractivity contribution in [3.63, 3.8) is 0 Å². The Morgan fingerprint density at radius 3 is 2.45 bits per heavy atom. The van der Waals surface area contributed by atoms with Crippen molar-refractivity contribution in [2.24, 2.45) is 0 Å². The number of rotatable bonds is 5. The van der Waals surface area contributed by atoms with Crippen LogP contribution < -0.4 is 15.0 Å². The van der Waals surface area contributed by atoms with E-state index in [0.717, 1.165) is 16.0 Å². The van der Waals surface area contributed by atoms with Crippen molar-refractivity contribution in [3.8, 4) is 5.75 Å². The lowest BCUT2D eigenvalue weighted by molar-refractivity contribution is -0.122. The van der Waals surface area contributed by atoms with Crippen molar-refractivity contribution in [2.45, 2.75) is 20.5 Å². The average Bonchev–Trinajstić information content (AvgIpc) is 2.79. The lowest BCUT2D eigenvalue weighted by atomic mass is 10.0. The number of barbiturate groups is 1. The molecule has 0 bridgehead atoms. The number of amides is 4. The predicted molar refractivity (Wildman–Crippen MR) is 122 cm³/mol. The van der Waals surface area contributed by atoms with Crippen molar-refractivity contribution in [3.05, 3.63) is 100 Å². The number of imide groups is 2. The van der Waals surface area contributed by atoms with Gasteiger partial charge in [-0.3, -0.25) is 14.9 Å². The molecule has 0 aromatic heterocycles. The van der Waals surface area contributed by atoms with E-state index in [1.807, 2.05) is 13.0 Å². The summed E-state index contributed by atoms with van der Waals surface area (Å²) >= 11 is 0. The molecule has 0 radical (unpaired) electrons. The van der Waals surface area contributed by atoms with Gasteiger partial charge in [0.2, 0.25) is 0 Å². The molecule has 0 saturated carbocycles. The summed E-state index contributed by atoms with van der Waals surface area (Å²) in [5.41, 5.74) is 2.67. The van der Waals surface area contributed by atoms with E-state index in [1.54, 1.807) is 61.5 Å². The number of carbonyl (C=O) groups is 3. The number of hydrogen-bond acceptors (Lipinski definition) is 4. The normalized spacial score (nSPS) is 15.1. The van der Waals surface area contributed by atoms with E-state index in [9.17, 15) is 18.8 Å². The van der Waals surface area contributed by atoms with Crippen LogP contribution in [0.4, 0.5) is 14.9 Å². The lowest BCUT2D eigenvalue weighted by Gasteiger charge is -2.28. The van der Waals surface area contributed by atoms with Gasteiger partial charge in [0.1, 0.15) is 23.7 Å². The molecule has 1 heterocycles. The summed E-state index contributed by atoms with van der Waals surface area (Å²) in [7, 11) is 0. The number of nitrogens with one attached hydrogen (secondary N) is 1. The highest BCUT2D eigenvalue weighted by Crippen LogP contribution is 2.28. The van der Waals surface area contributed by atoms with Gasteiger partial charge in [-0.1, -0.05) is 48.5 Å². The summed E-state index contributed by atoms with van der Waals surface area (Å²) in [4.78, 5) is 39.3. The Bertz CT molecular complexity index is 1300. The summed E-state index contributed by atoms with van der Waals surface area (Å²) < 4.78 is 19.7. The standard InChI is InChI=1S/C26H21FN2O4/c1-16-8-7-12-22(17(16)2)29-25(31)20(24(30)28-26(29)32)14-18-9-4-6-13-23(18)33-15-19-10-3-5-11-21(19)27/h3-14H,15H2,1-2H3,(H,28,30,32)/b20-14+. The van der Waals surface area contributed by atoms with Crippen LogP contribution in [0.5, 0.6) is 5.75 Å². The molecule has 1 fully saturated rings. The number of urea groups is 1. The van der Waals surface area contributed by atoms with Crippen LogP contribution in [0.3, 0.4) is 0 Å². The monoisotopic (exact) mass is 444 g/mol. The molecule has 6 nitrogen and oxygen atoms in total. The Balaban J connectivity index is 1.67. The first-order chi connectivity index (χ1) is 15.9. The highest BCUT2D eigenvalue weighted by atomic mass is 19.1. The number of hydrogen-bond donors (Lipinski definition) is 1. The van der Waals surface area contributed by atoms with Gasteiger partial charge in [-0.15, -0.1) is 0 Å². The number of nitrogens with zero attached hydrogens (tertiary/aromatic N) is 1. The van der Waals surface area contributed by atoms with E-state index in [4.69, 9.17) is 4.74 Å². The third-order valence-electron chi connectivity index (χ3n) is 5.48. The Kier molecular flexibility index (Phi) is 6.04. The summed E-state index contributed by atoms with van der Waals surface area (Å²) in [5, 5.41) is 2.23. The minimum Gasteiger partial charge on any atom is -0.488 e. The zero-order valence-electron chi connectivity index (χ0n) is 18.1. The molecule has 0 spiro atoms. The highest BCUT2D eigenvalue weighted by Gasteiger charge is 2.37. The topological polar surface area (TPSA) is 75.7 Å². The largest absolute Gasteiger partial charge is 0.488 e. The van der Waals surface area contributed by atoms with Crippen LogP contribution in [0.15, 0.2) is 72.3 Å². The summed E-state index contributed by atoms with van der Waals surface area (Å²) in [5.74, 6) is -1.56. The fourth-order valence-corrected chi connectivity index (χ4v) is 3.51. The maximum Gasteiger partial charge on any atom is 0.335 e. The number of aryl methyl sites for hydroxylation is 1. The number of ether oxygens (including phenoxy) is 1. The van der Waals surface area contributed by atoms with Gasteiger partial charge in [-0.25, -0.2) is 14.1 Å². The van der Waals surface area contributed by atoms with Gasteiger partial charge in [-0.05, 0) is 49.2 Å². The van der Waals surface area contributed by atoms with Crippen LogP contribution in [0.2, 0.25) is 0 Å². The minimum absolute atomic E-state index is 0.0277. The minimum atomic E-state index is -0.806. The average molecular weight is 444 g/mol. The molecule has 1 aliphatic heterocycles. The number of halogens is 1. The van der Waals surface area contributed by atoms with E-state index in [2.05, 4.69) is 5.32 Å². The van der Waals surface area contributed by atoms with E-state index < -0.39 is 23.7 Å². The summed E-state index contributed by atoms with van der Waals surface area (Å²) in [6, 6.07) is 17.5. The second-order valence-electron chi connectivity index (χ2n) is 7.59. The Hall–Kier alpha value is -4.26. The molecular weight excluding hydrogens is 423 g/mol. The van der Waals surface area contributed by atoms with Crippen LogP contribution in [0.1, 0.15) is 22.3 Å². The molecule has 0 unspecified atom stereocenters. The zero-order chi connectivity index (χ0) is 23.5. The van der Waals surface area contributed by atoms with Crippen molar-refractivity contribution < 1.29 is 23.5 Å². The van der Waals surface area contributed by atoms with Crippen LogP contribution in [-0.2, 0) is 16.2 Å². The molecular formula is C26H21FN2O4. The molecule has 33 heavy (non-hydrogen) atoms. The van der Waals surface area contributed by atoms with E-state index in [0.29, 0.717) is 22.6 Å². The maximum absolute atomic E-state index is 13.9. The third kappa shape index (κ3) is 4.39. The molecule has 1 saturated heterocycles. The van der Waals surface area contributed by atoms with Crippen molar-refractivity contribution in [1.29, 1.82) is 0 Å². The smallest absolute Gasteiger partial charge is 0.335 e. The second-order valence-corrected chi connectivity index (χ2v) is 7.59. The van der Waals surface area contributed by atoms with E-state index >= 15 is 0 Å². The number of anilines is 1. The number of benzene rings is 3. The van der Waals surface area contributed by atoms with Gasteiger partial charge in [0.15, 0.2) is 0 Å². The van der Waals surface area contributed by atoms with Crippen molar-refractivity contribution in [1.82, 2.24) is 5.32 Å².